The molecule has 0 spiro atoms. The van der Waals surface area contributed by atoms with Gasteiger partial charge in [0, 0.05) is 17.1 Å². The maximum absolute atomic E-state index is 12.5. The van der Waals surface area contributed by atoms with Gasteiger partial charge in [0.05, 0.1) is 19.4 Å². The molecule has 5 heteroatoms. The first-order chi connectivity index (χ1) is 12.1. The summed E-state index contributed by atoms with van der Waals surface area (Å²) in [4.78, 5) is 15.8. The molecule has 0 aliphatic carbocycles. The molecule has 0 aliphatic rings. The highest BCUT2D eigenvalue weighted by Gasteiger charge is 2.14. The molecular weight excluding hydrogens is 332 g/mol. The Bertz CT molecular complexity index is 754. The average Bonchev–Trinajstić information content (AvgIpc) is 3.19. The number of nitrogens with zero attached hydrogens (tertiary/aromatic N) is 1. The monoisotopic (exact) mass is 354 g/mol. The SMILES string of the molecule is Cc1cc(C)cc(NC(=O)CN(Cc2ccco2)Cc2cccs2)c1. The van der Waals surface area contributed by atoms with Crippen LogP contribution in [0.5, 0.6) is 0 Å². The van der Waals surface area contributed by atoms with Crippen LogP contribution >= 0.6 is 11.3 Å². The highest BCUT2D eigenvalue weighted by Crippen LogP contribution is 2.16. The highest BCUT2D eigenvalue weighted by atomic mass is 32.1. The van der Waals surface area contributed by atoms with Crippen molar-refractivity contribution < 1.29 is 9.21 Å². The van der Waals surface area contributed by atoms with Crippen LogP contribution in [0.2, 0.25) is 0 Å². The van der Waals surface area contributed by atoms with Crippen molar-refractivity contribution in [2.45, 2.75) is 26.9 Å². The number of benzene rings is 1. The van der Waals surface area contributed by atoms with Crippen LogP contribution in [0.1, 0.15) is 21.8 Å². The Labute approximate surface area is 152 Å². The summed E-state index contributed by atoms with van der Waals surface area (Å²) in [6.07, 6.45) is 1.66. The number of hydrogen-bond donors (Lipinski definition) is 1. The van der Waals surface area contributed by atoms with Crippen molar-refractivity contribution in [1.29, 1.82) is 0 Å². The van der Waals surface area contributed by atoms with Crippen LogP contribution in [0.25, 0.3) is 0 Å². The van der Waals surface area contributed by atoms with E-state index in [0.717, 1.165) is 29.1 Å². The van der Waals surface area contributed by atoms with E-state index in [2.05, 4.69) is 27.7 Å². The quantitative estimate of drug-likeness (QED) is 0.674. The molecule has 3 aromatic rings. The molecular formula is C20H22N2O2S. The Kier molecular flexibility index (Phi) is 5.68. The molecule has 0 unspecified atom stereocenters. The average molecular weight is 354 g/mol. The molecule has 1 N–H and O–H groups in total. The van der Waals surface area contributed by atoms with Gasteiger partial charge >= 0.3 is 0 Å². The first-order valence-corrected chi connectivity index (χ1v) is 9.12. The summed E-state index contributed by atoms with van der Waals surface area (Å²) >= 11 is 1.69. The van der Waals surface area contributed by atoms with Crippen LogP contribution < -0.4 is 5.32 Å². The van der Waals surface area contributed by atoms with Gasteiger partial charge in [-0.25, -0.2) is 0 Å². The van der Waals surface area contributed by atoms with E-state index in [4.69, 9.17) is 4.42 Å². The summed E-state index contributed by atoms with van der Waals surface area (Å²) < 4.78 is 5.44. The molecule has 1 amide bonds. The fraction of sp³-hybridized carbons (Fsp3) is 0.250. The van der Waals surface area contributed by atoms with Gasteiger partial charge in [-0.05, 0) is 60.7 Å². The Morgan fingerprint density at radius 1 is 1.12 bits per heavy atom. The summed E-state index contributed by atoms with van der Waals surface area (Å²) in [6, 6.07) is 14.0. The molecule has 0 bridgehead atoms. The van der Waals surface area contributed by atoms with Crippen molar-refractivity contribution in [3.05, 3.63) is 75.9 Å². The molecule has 1 aromatic carbocycles. The third-order valence-electron chi connectivity index (χ3n) is 3.79. The molecule has 0 saturated heterocycles. The molecule has 2 aromatic heterocycles. The fourth-order valence-corrected chi connectivity index (χ4v) is 3.61. The van der Waals surface area contributed by atoms with Gasteiger partial charge < -0.3 is 9.73 Å². The standard InChI is InChI=1S/C20H22N2O2S/c1-15-9-16(2)11-17(10-15)21-20(23)14-22(12-18-5-3-7-24-18)13-19-6-4-8-25-19/h3-11H,12-14H2,1-2H3,(H,21,23). The number of nitrogens with one attached hydrogen (secondary N) is 1. The van der Waals surface area contributed by atoms with Crippen molar-refractivity contribution in [3.63, 3.8) is 0 Å². The van der Waals surface area contributed by atoms with E-state index in [1.54, 1.807) is 17.6 Å². The highest BCUT2D eigenvalue weighted by molar-refractivity contribution is 7.09. The lowest BCUT2D eigenvalue weighted by Crippen LogP contribution is -2.32. The summed E-state index contributed by atoms with van der Waals surface area (Å²) in [5.74, 6) is 0.837. The maximum atomic E-state index is 12.5. The molecule has 25 heavy (non-hydrogen) atoms. The molecule has 0 fully saturated rings. The fourth-order valence-electron chi connectivity index (χ4n) is 2.86. The van der Waals surface area contributed by atoms with E-state index in [1.165, 1.54) is 4.88 Å². The van der Waals surface area contributed by atoms with E-state index in [-0.39, 0.29) is 5.91 Å². The summed E-state index contributed by atoms with van der Waals surface area (Å²) in [6.45, 7) is 5.70. The minimum absolute atomic E-state index is 0.0203. The van der Waals surface area contributed by atoms with Crippen LogP contribution in [0.4, 0.5) is 5.69 Å². The number of amides is 1. The normalized spacial score (nSPS) is 11.0. The molecule has 0 saturated carbocycles. The Balaban J connectivity index is 1.66. The summed E-state index contributed by atoms with van der Waals surface area (Å²) in [5, 5.41) is 5.06. The molecule has 130 valence electrons. The Hall–Kier alpha value is -2.37. The van der Waals surface area contributed by atoms with Gasteiger partial charge in [0.25, 0.3) is 0 Å². The van der Waals surface area contributed by atoms with Crippen LogP contribution in [-0.4, -0.2) is 17.4 Å². The van der Waals surface area contributed by atoms with Crippen LogP contribution in [-0.2, 0) is 17.9 Å². The predicted molar refractivity (Wildman–Crippen MR) is 102 cm³/mol. The second-order valence-electron chi connectivity index (χ2n) is 6.23. The Morgan fingerprint density at radius 3 is 2.56 bits per heavy atom. The summed E-state index contributed by atoms with van der Waals surface area (Å²) in [5.41, 5.74) is 3.12. The third kappa shape index (κ3) is 5.31. The molecule has 3 rings (SSSR count). The van der Waals surface area contributed by atoms with E-state index in [9.17, 15) is 4.79 Å². The Morgan fingerprint density at radius 2 is 1.92 bits per heavy atom. The predicted octanol–water partition coefficient (Wildman–Crippen LogP) is 4.60. The number of aryl methyl sites for hydroxylation is 2. The zero-order valence-electron chi connectivity index (χ0n) is 14.5. The topological polar surface area (TPSA) is 45.5 Å². The molecule has 0 aliphatic heterocycles. The minimum Gasteiger partial charge on any atom is -0.468 e. The molecule has 0 atom stereocenters. The van der Waals surface area contributed by atoms with E-state index in [0.29, 0.717) is 13.1 Å². The van der Waals surface area contributed by atoms with Crippen LogP contribution in [0.3, 0.4) is 0 Å². The minimum atomic E-state index is -0.0203. The number of hydrogen-bond acceptors (Lipinski definition) is 4. The summed E-state index contributed by atoms with van der Waals surface area (Å²) in [7, 11) is 0. The van der Waals surface area contributed by atoms with Gasteiger partial charge in [-0.15, -0.1) is 11.3 Å². The van der Waals surface area contributed by atoms with E-state index >= 15 is 0 Å². The van der Waals surface area contributed by atoms with Crippen molar-refractivity contribution >= 4 is 22.9 Å². The number of anilines is 1. The van der Waals surface area contributed by atoms with Gasteiger partial charge in [-0.3, -0.25) is 9.69 Å². The van der Waals surface area contributed by atoms with Gasteiger partial charge in [-0.1, -0.05) is 12.1 Å². The lowest BCUT2D eigenvalue weighted by atomic mass is 10.1. The van der Waals surface area contributed by atoms with Crippen molar-refractivity contribution in [2.24, 2.45) is 0 Å². The number of thiophene rings is 1. The van der Waals surface area contributed by atoms with Crippen molar-refractivity contribution in [1.82, 2.24) is 4.90 Å². The molecule has 0 radical (unpaired) electrons. The lowest BCUT2D eigenvalue weighted by Gasteiger charge is -2.20. The number of carbonyl (C=O) groups is 1. The van der Waals surface area contributed by atoms with Crippen LogP contribution in [0, 0.1) is 13.8 Å². The first-order valence-electron chi connectivity index (χ1n) is 8.24. The zero-order valence-corrected chi connectivity index (χ0v) is 15.3. The second-order valence-corrected chi connectivity index (χ2v) is 7.26. The van der Waals surface area contributed by atoms with Gasteiger partial charge in [0.1, 0.15) is 5.76 Å². The van der Waals surface area contributed by atoms with Gasteiger partial charge in [0.15, 0.2) is 0 Å². The van der Waals surface area contributed by atoms with Gasteiger partial charge in [-0.2, -0.15) is 0 Å². The van der Waals surface area contributed by atoms with E-state index in [1.807, 2.05) is 44.2 Å². The van der Waals surface area contributed by atoms with Gasteiger partial charge in [0.2, 0.25) is 5.91 Å². The third-order valence-corrected chi connectivity index (χ3v) is 4.65. The first kappa shape index (κ1) is 17.5. The van der Waals surface area contributed by atoms with E-state index < -0.39 is 0 Å². The van der Waals surface area contributed by atoms with Crippen LogP contribution in [0.15, 0.2) is 58.5 Å². The second kappa shape index (κ2) is 8.14. The smallest absolute Gasteiger partial charge is 0.238 e. The molecule has 4 nitrogen and oxygen atoms in total. The molecule has 2 heterocycles. The number of furan rings is 1. The largest absolute Gasteiger partial charge is 0.468 e. The maximum Gasteiger partial charge on any atom is 0.238 e. The van der Waals surface area contributed by atoms with Crippen molar-refractivity contribution in [2.75, 3.05) is 11.9 Å². The zero-order chi connectivity index (χ0) is 17.6. The lowest BCUT2D eigenvalue weighted by molar-refractivity contribution is -0.117. The number of rotatable bonds is 7. The van der Waals surface area contributed by atoms with Crippen molar-refractivity contribution in [3.8, 4) is 0 Å². The number of carbonyl (C=O) groups excluding carboxylic acids is 1.